The number of nitrogens with one attached hydrogen (secondary N) is 1. The van der Waals surface area contributed by atoms with Crippen molar-refractivity contribution in [3.63, 3.8) is 0 Å². The minimum atomic E-state index is -4.47. The van der Waals surface area contributed by atoms with Crippen molar-refractivity contribution >= 4 is 22.2 Å². The number of thiazole rings is 1. The molecule has 0 bridgehead atoms. The highest BCUT2D eigenvalue weighted by molar-refractivity contribution is 7.15. The standard InChI is InChI=1S/C9H8F3N3O2S/c10-9(11,12)5-17-14-7(16)3-6-4-15-1-2-18-8(15)13-6/h1-2,4H,3,5H2,(H,14,16). The number of nitrogens with zero attached hydrogens (tertiary/aromatic N) is 2. The number of imidazole rings is 1. The first-order valence-corrected chi connectivity index (χ1v) is 5.70. The van der Waals surface area contributed by atoms with Gasteiger partial charge in [0.25, 0.3) is 0 Å². The fourth-order valence-corrected chi connectivity index (χ4v) is 1.98. The number of carbonyl (C=O) groups excluding carboxylic acids is 1. The molecule has 0 radical (unpaired) electrons. The van der Waals surface area contributed by atoms with Gasteiger partial charge in [-0.1, -0.05) is 0 Å². The smallest absolute Gasteiger partial charge is 0.297 e. The van der Waals surface area contributed by atoms with Gasteiger partial charge in [0.15, 0.2) is 11.6 Å². The van der Waals surface area contributed by atoms with Crippen LogP contribution in [-0.4, -0.2) is 28.1 Å². The fraction of sp³-hybridized carbons (Fsp3) is 0.333. The lowest BCUT2D eigenvalue weighted by atomic mass is 10.3. The van der Waals surface area contributed by atoms with Crippen LogP contribution in [0.5, 0.6) is 0 Å². The third kappa shape index (κ3) is 3.44. The number of halogens is 3. The van der Waals surface area contributed by atoms with Crippen molar-refractivity contribution in [3.05, 3.63) is 23.5 Å². The van der Waals surface area contributed by atoms with Gasteiger partial charge in [-0.05, 0) is 0 Å². The van der Waals surface area contributed by atoms with Gasteiger partial charge in [0.2, 0.25) is 5.91 Å². The van der Waals surface area contributed by atoms with E-state index in [9.17, 15) is 18.0 Å². The van der Waals surface area contributed by atoms with E-state index in [0.717, 1.165) is 0 Å². The number of carbonyl (C=O) groups is 1. The van der Waals surface area contributed by atoms with Gasteiger partial charge >= 0.3 is 6.18 Å². The van der Waals surface area contributed by atoms with Crippen LogP contribution in [0.4, 0.5) is 13.2 Å². The normalized spacial score (nSPS) is 11.9. The molecule has 5 nitrogen and oxygen atoms in total. The van der Waals surface area contributed by atoms with E-state index < -0.39 is 18.7 Å². The van der Waals surface area contributed by atoms with Crippen LogP contribution >= 0.6 is 11.3 Å². The van der Waals surface area contributed by atoms with Crippen molar-refractivity contribution < 1.29 is 22.8 Å². The number of aromatic nitrogens is 2. The van der Waals surface area contributed by atoms with Crippen molar-refractivity contribution in [2.75, 3.05) is 6.61 Å². The van der Waals surface area contributed by atoms with Crippen LogP contribution in [0, 0.1) is 0 Å². The summed E-state index contributed by atoms with van der Waals surface area (Å²) in [7, 11) is 0. The Kier molecular flexibility index (Phi) is 3.53. The number of amides is 1. The van der Waals surface area contributed by atoms with Crippen molar-refractivity contribution in [2.45, 2.75) is 12.6 Å². The lowest BCUT2D eigenvalue weighted by Crippen LogP contribution is -2.30. The monoisotopic (exact) mass is 279 g/mol. The Hall–Kier alpha value is -1.61. The molecule has 1 N–H and O–H groups in total. The molecule has 2 aromatic rings. The second kappa shape index (κ2) is 4.94. The Morgan fingerprint density at radius 2 is 2.33 bits per heavy atom. The second-order valence-electron chi connectivity index (χ2n) is 3.43. The first kappa shape index (κ1) is 12.8. The SMILES string of the molecule is O=C(Cc1cn2ccsc2n1)NOCC(F)(F)F. The molecule has 1 amide bonds. The van der Waals surface area contributed by atoms with Crippen molar-refractivity contribution in [3.8, 4) is 0 Å². The van der Waals surface area contributed by atoms with Gasteiger partial charge in [-0.25, -0.2) is 10.5 Å². The van der Waals surface area contributed by atoms with E-state index in [1.807, 2.05) is 5.38 Å². The minimum absolute atomic E-state index is 0.133. The Bertz CT molecular complexity index is 520. The molecular formula is C9H8F3N3O2S. The highest BCUT2D eigenvalue weighted by Crippen LogP contribution is 2.14. The van der Waals surface area contributed by atoms with Gasteiger partial charge in [-0.3, -0.25) is 14.0 Å². The Labute approximate surface area is 103 Å². The lowest BCUT2D eigenvalue weighted by Gasteiger charge is -2.07. The van der Waals surface area contributed by atoms with Gasteiger partial charge < -0.3 is 0 Å². The van der Waals surface area contributed by atoms with Crippen LogP contribution < -0.4 is 5.48 Å². The first-order valence-electron chi connectivity index (χ1n) is 4.82. The Balaban J connectivity index is 1.82. The van der Waals surface area contributed by atoms with Crippen LogP contribution in [-0.2, 0) is 16.1 Å². The van der Waals surface area contributed by atoms with E-state index >= 15 is 0 Å². The molecule has 0 aromatic carbocycles. The molecule has 9 heteroatoms. The molecule has 2 rings (SSSR count). The third-order valence-corrected chi connectivity index (χ3v) is 2.68. The molecule has 98 valence electrons. The topological polar surface area (TPSA) is 55.6 Å². The molecule has 2 heterocycles. The van der Waals surface area contributed by atoms with Gasteiger partial charge in [0, 0.05) is 17.8 Å². The van der Waals surface area contributed by atoms with Gasteiger partial charge in [0.1, 0.15) is 0 Å². The van der Waals surface area contributed by atoms with Crippen LogP contribution in [0.15, 0.2) is 17.8 Å². The maximum atomic E-state index is 11.7. The number of fused-ring (bicyclic) bond motifs is 1. The molecule has 18 heavy (non-hydrogen) atoms. The molecule has 0 spiro atoms. The molecule has 0 saturated carbocycles. The zero-order valence-corrected chi connectivity index (χ0v) is 9.72. The average Bonchev–Trinajstić information content (AvgIpc) is 2.75. The summed E-state index contributed by atoms with van der Waals surface area (Å²) < 4.78 is 36.9. The maximum absolute atomic E-state index is 11.7. The van der Waals surface area contributed by atoms with Crippen LogP contribution in [0.1, 0.15) is 5.69 Å². The molecule has 0 unspecified atom stereocenters. The number of rotatable bonds is 4. The molecule has 0 aliphatic carbocycles. The van der Waals surface area contributed by atoms with E-state index in [-0.39, 0.29) is 6.42 Å². The van der Waals surface area contributed by atoms with Gasteiger partial charge in [-0.2, -0.15) is 13.2 Å². The summed E-state index contributed by atoms with van der Waals surface area (Å²) >= 11 is 1.40. The van der Waals surface area contributed by atoms with Crippen molar-refractivity contribution in [1.29, 1.82) is 0 Å². The molecule has 0 aliphatic rings. The first-order chi connectivity index (χ1) is 8.44. The largest absolute Gasteiger partial charge is 0.414 e. The second-order valence-corrected chi connectivity index (χ2v) is 4.30. The quantitative estimate of drug-likeness (QED) is 0.864. The number of hydrogen-bond donors (Lipinski definition) is 1. The van der Waals surface area contributed by atoms with E-state index in [0.29, 0.717) is 10.7 Å². The predicted octanol–water partition coefficient (Wildman–Crippen LogP) is 1.55. The van der Waals surface area contributed by atoms with Gasteiger partial charge in [0.05, 0.1) is 12.1 Å². The fourth-order valence-electron chi connectivity index (χ4n) is 1.26. The Morgan fingerprint density at radius 3 is 3.00 bits per heavy atom. The zero-order valence-electron chi connectivity index (χ0n) is 8.90. The Morgan fingerprint density at radius 1 is 1.56 bits per heavy atom. The third-order valence-electron chi connectivity index (χ3n) is 1.91. The summed E-state index contributed by atoms with van der Waals surface area (Å²) in [5.41, 5.74) is 2.19. The summed E-state index contributed by atoms with van der Waals surface area (Å²) in [6.07, 6.45) is -1.19. The molecule has 0 saturated heterocycles. The van der Waals surface area contributed by atoms with E-state index in [1.54, 1.807) is 22.3 Å². The molecule has 0 atom stereocenters. The summed E-state index contributed by atoms with van der Waals surface area (Å²) in [5.74, 6) is -0.676. The van der Waals surface area contributed by atoms with Crippen molar-refractivity contribution in [1.82, 2.24) is 14.9 Å². The highest BCUT2D eigenvalue weighted by atomic mass is 32.1. The predicted molar refractivity (Wildman–Crippen MR) is 56.9 cm³/mol. The number of hydroxylamine groups is 1. The van der Waals surface area contributed by atoms with E-state index in [1.165, 1.54) is 11.3 Å². The van der Waals surface area contributed by atoms with Crippen LogP contribution in [0.3, 0.4) is 0 Å². The summed E-state index contributed by atoms with van der Waals surface area (Å²) in [6.45, 7) is -1.52. The van der Waals surface area contributed by atoms with Crippen LogP contribution in [0.2, 0.25) is 0 Å². The minimum Gasteiger partial charge on any atom is -0.297 e. The molecular weight excluding hydrogens is 271 g/mol. The summed E-state index contributed by atoms with van der Waals surface area (Å²) in [6, 6.07) is 0. The zero-order chi connectivity index (χ0) is 13.2. The summed E-state index contributed by atoms with van der Waals surface area (Å²) in [5, 5.41) is 1.83. The number of alkyl halides is 3. The maximum Gasteiger partial charge on any atom is 0.414 e. The highest BCUT2D eigenvalue weighted by Gasteiger charge is 2.28. The molecule has 0 aliphatic heterocycles. The number of hydrogen-bond acceptors (Lipinski definition) is 4. The summed E-state index contributed by atoms with van der Waals surface area (Å²) in [4.78, 5) is 20.1. The van der Waals surface area contributed by atoms with E-state index in [2.05, 4.69) is 9.82 Å². The molecule has 2 aromatic heterocycles. The lowest BCUT2D eigenvalue weighted by molar-refractivity contribution is -0.191. The molecule has 0 fully saturated rings. The van der Waals surface area contributed by atoms with E-state index in [4.69, 9.17) is 0 Å². The van der Waals surface area contributed by atoms with Crippen LogP contribution in [0.25, 0.3) is 4.96 Å². The van der Waals surface area contributed by atoms with Gasteiger partial charge in [-0.15, -0.1) is 11.3 Å². The average molecular weight is 279 g/mol. The van der Waals surface area contributed by atoms with Crippen molar-refractivity contribution in [2.24, 2.45) is 0 Å².